The molecule has 9 heteroatoms. The first-order valence-corrected chi connectivity index (χ1v) is 8.80. The first kappa shape index (κ1) is 15.2. The zero-order chi connectivity index (χ0) is 17.7. The van der Waals surface area contributed by atoms with Gasteiger partial charge in [-0.05, 0) is 38.8 Å². The Morgan fingerprint density at radius 3 is 2.69 bits per heavy atom. The smallest absolute Gasteiger partial charge is 0.254 e. The lowest BCUT2D eigenvalue weighted by Crippen LogP contribution is -2.35. The van der Waals surface area contributed by atoms with Gasteiger partial charge in [-0.25, -0.2) is 4.98 Å². The van der Waals surface area contributed by atoms with Gasteiger partial charge in [-0.15, -0.1) is 10.2 Å². The molecule has 9 nitrogen and oxygen atoms in total. The molecule has 0 radical (unpaired) electrons. The van der Waals surface area contributed by atoms with Crippen molar-refractivity contribution < 1.29 is 0 Å². The van der Waals surface area contributed by atoms with E-state index >= 15 is 0 Å². The third-order valence-electron chi connectivity index (χ3n) is 4.97. The fourth-order valence-electron chi connectivity index (χ4n) is 3.66. The highest BCUT2D eigenvalue weighted by molar-refractivity contribution is 5.47. The van der Waals surface area contributed by atoms with Gasteiger partial charge >= 0.3 is 0 Å². The van der Waals surface area contributed by atoms with Crippen molar-refractivity contribution in [3.63, 3.8) is 0 Å². The van der Waals surface area contributed by atoms with E-state index in [2.05, 4.69) is 41.3 Å². The molecule has 0 bridgehead atoms. The molecule has 0 atom stereocenters. The Morgan fingerprint density at radius 2 is 1.85 bits per heavy atom. The van der Waals surface area contributed by atoms with Crippen LogP contribution in [-0.2, 0) is 0 Å². The Morgan fingerprint density at radius 1 is 1.00 bits per heavy atom. The van der Waals surface area contributed by atoms with E-state index in [0.717, 1.165) is 54.6 Å². The first-order chi connectivity index (χ1) is 12.7. The molecule has 0 amide bonds. The van der Waals surface area contributed by atoms with Crippen LogP contribution < -0.4 is 4.90 Å². The molecular weight excluding hydrogens is 330 g/mol. The van der Waals surface area contributed by atoms with Crippen molar-refractivity contribution in [3.05, 3.63) is 41.7 Å². The maximum absolute atomic E-state index is 4.58. The number of aryl methyl sites for hydroxylation is 2. The molecule has 1 aliphatic rings. The molecule has 1 fully saturated rings. The number of hydrogen-bond acceptors (Lipinski definition) is 7. The molecule has 26 heavy (non-hydrogen) atoms. The van der Waals surface area contributed by atoms with Crippen LogP contribution in [0.5, 0.6) is 0 Å². The summed E-state index contributed by atoms with van der Waals surface area (Å²) in [6.07, 6.45) is 3.54. The second kappa shape index (κ2) is 5.72. The van der Waals surface area contributed by atoms with Gasteiger partial charge in [-0.2, -0.15) is 24.2 Å². The minimum atomic E-state index is 0.352. The summed E-state index contributed by atoms with van der Waals surface area (Å²) in [6.45, 7) is 5.82. The van der Waals surface area contributed by atoms with E-state index in [4.69, 9.17) is 0 Å². The number of piperidine rings is 1. The number of aromatic nitrogens is 8. The number of fused-ring (bicyclic) bond motifs is 2. The number of nitrogens with zero attached hydrogens (tertiary/aromatic N) is 9. The standard InChI is InChI=1S/C17H19N9/c1-11-3-4-14-21-22-16(25(14)23-11)13-5-7-24(8-6-13)15-9-12(2)20-17-18-10-19-26(15)17/h3-4,9-10,13H,5-8H2,1-2H3. The monoisotopic (exact) mass is 349 g/mol. The quantitative estimate of drug-likeness (QED) is 0.542. The lowest BCUT2D eigenvalue weighted by Gasteiger charge is -2.32. The highest BCUT2D eigenvalue weighted by Gasteiger charge is 2.26. The van der Waals surface area contributed by atoms with Gasteiger partial charge in [0.2, 0.25) is 0 Å². The largest absolute Gasteiger partial charge is 0.356 e. The van der Waals surface area contributed by atoms with E-state index in [0.29, 0.717) is 11.7 Å². The molecule has 0 unspecified atom stereocenters. The van der Waals surface area contributed by atoms with Gasteiger partial charge in [0, 0.05) is 30.8 Å². The SMILES string of the molecule is Cc1cc(N2CCC(c3nnc4ccc(C)nn34)CC2)n2ncnc2n1. The fraction of sp³-hybridized carbons (Fsp3) is 0.412. The average Bonchev–Trinajstić information content (AvgIpc) is 3.27. The Bertz CT molecular complexity index is 1090. The number of hydrogen-bond donors (Lipinski definition) is 0. The van der Waals surface area contributed by atoms with Crippen molar-refractivity contribution >= 4 is 17.2 Å². The van der Waals surface area contributed by atoms with E-state index in [1.54, 1.807) is 6.33 Å². The molecule has 132 valence electrons. The van der Waals surface area contributed by atoms with Gasteiger partial charge < -0.3 is 4.90 Å². The van der Waals surface area contributed by atoms with E-state index in [1.807, 2.05) is 35.0 Å². The number of rotatable bonds is 2. The van der Waals surface area contributed by atoms with Crippen LogP contribution in [0.25, 0.3) is 11.4 Å². The maximum Gasteiger partial charge on any atom is 0.254 e. The van der Waals surface area contributed by atoms with Crippen molar-refractivity contribution in [2.75, 3.05) is 18.0 Å². The minimum absolute atomic E-state index is 0.352. The maximum atomic E-state index is 4.58. The van der Waals surface area contributed by atoms with Crippen molar-refractivity contribution in [2.45, 2.75) is 32.6 Å². The third-order valence-corrected chi connectivity index (χ3v) is 4.97. The van der Waals surface area contributed by atoms with E-state index in [-0.39, 0.29) is 0 Å². The van der Waals surface area contributed by atoms with Crippen LogP contribution in [0, 0.1) is 13.8 Å². The number of anilines is 1. The molecule has 4 aromatic heterocycles. The van der Waals surface area contributed by atoms with Crippen molar-refractivity contribution in [3.8, 4) is 0 Å². The van der Waals surface area contributed by atoms with Gasteiger partial charge in [0.1, 0.15) is 12.1 Å². The molecule has 1 aliphatic heterocycles. The average molecular weight is 349 g/mol. The van der Waals surface area contributed by atoms with Crippen LogP contribution in [0.2, 0.25) is 0 Å². The second-order valence-electron chi connectivity index (χ2n) is 6.79. The Kier molecular flexibility index (Phi) is 3.34. The molecule has 5 heterocycles. The lowest BCUT2D eigenvalue weighted by molar-refractivity contribution is 0.472. The van der Waals surface area contributed by atoms with Crippen molar-refractivity contribution in [1.29, 1.82) is 0 Å². The lowest BCUT2D eigenvalue weighted by atomic mass is 9.96. The van der Waals surface area contributed by atoms with Gasteiger partial charge in [-0.3, -0.25) is 0 Å². The highest BCUT2D eigenvalue weighted by atomic mass is 15.4. The Balaban J connectivity index is 1.42. The molecule has 5 rings (SSSR count). The normalized spacial score (nSPS) is 16.0. The Labute approximate surface area is 149 Å². The molecule has 0 aliphatic carbocycles. The zero-order valence-electron chi connectivity index (χ0n) is 14.7. The molecule has 0 saturated carbocycles. The van der Waals surface area contributed by atoms with Gasteiger partial charge in [-0.1, -0.05) is 0 Å². The second-order valence-corrected chi connectivity index (χ2v) is 6.79. The summed E-state index contributed by atoms with van der Waals surface area (Å²) in [4.78, 5) is 11.0. The molecule has 0 N–H and O–H groups in total. The first-order valence-electron chi connectivity index (χ1n) is 8.80. The topological polar surface area (TPSA) is 89.4 Å². The predicted octanol–water partition coefficient (Wildman–Crippen LogP) is 1.56. The predicted molar refractivity (Wildman–Crippen MR) is 95.2 cm³/mol. The van der Waals surface area contributed by atoms with E-state index in [9.17, 15) is 0 Å². The van der Waals surface area contributed by atoms with Crippen LogP contribution in [0.3, 0.4) is 0 Å². The van der Waals surface area contributed by atoms with Crippen LogP contribution in [0.1, 0.15) is 36.0 Å². The minimum Gasteiger partial charge on any atom is -0.356 e. The Hall–Kier alpha value is -3.10. The summed E-state index contributed by atoms with van der Waals surface area (Å²) in [6, 6.07) is 6.00. The summed E-state index contributed by atoms with van der Waals surface area (Å²) in [5.41, 5.74) is 2.73. The van der Waals surface area contributed by atoms with Crippen LogP contribution in [0.4, 0.5) is 5.82 Å². The van der Waals surface area contributed by atoms with Gasteiger partial charge in [0.15, 0.2) is 11.5 Å². The molecule has 0 aromatic carbocycles. The van der Waals surface area contributed by atoms with Gasteiger partial charge in [0.25, 0.3) is 5.78 Å². The molecule has 4 aromatic rings. The van der Waals surface area contributed by atoms with Gasteiger partial charge in [0.05, 0.1) is 5.69 Å². The third kappa shape index (κ3) is 2.39. The zero-order valence-corrected chi connectivity index (χ0v) is 14.7. The fourth-order valence-corrected chi connectivity index (χ4v) is 3.66. The van der Waals surface area contributed by atoms with Crippen LogP contribution in [-0.4, -0.2) is 52.5 Å². The van der Waals surface area contributed by atoms with E-state index < -0.39 is 0 Å². The summed E-state index contributed by atoms with van der Waals surface area (Å²) >= 11 is 0. The van der Waals surface area contributed by atoms with Crippen LogP contribution >= 0.6 is 0 Å². The molecule has 0 spiro atoms. The summed E-state index contributed by atoms with van der Waals surface area (Å²) in [7, 11) is 0. The highest BCUT2D eigenvalue weighted by Crippen LogP contribution is 2.29. The van der Waals surface area contributed by atoms with Crippen LogP contribution in [0.15, 0.2) is 24.5 Å². The summed E-state index contributed by atoms with van der Waals surface area (Å²) in [5, 5.41) is 17.6. The van der Waals surface area contributed by atoms with E-state index in [1.165, 1.54) is 0 Å². The van der Waals surface area contributed by atoms with Crippen molar-refractivity contribution in [2.24, 2.45) is 0 Å². The summed E-state index contributed by atoms with van der Waals surface area (Å²) < 4.78 is 3.70. The summed E-state index contributed by atoms with van der Waals surface area (Å²) in [5.74, 6) is 3.00. The molecule has 1 saturated heterocycles. The molecular formula is C17H19N9. The van der Waals surface area contributed by atoms with Crippen molar-refractivity contribution in [1.82, 2.24) is 39.4 Å².